The first kappa shape index (κ1) is 15.6. The van der Waals surface area contributed by atoms with Crippen LogP contribution in [0.2, 0.25) is 5.15 Å². The predicted molar refractivity (Wildman–Crippen MR) is 85.3 cm³/mol. The fourth-order valence-electron chi connectivity index (χ4n) is 3.88. The molecule has 3 nitrogen and oxygen atoms in total. The minimum absolute atomic E-state index is 0.360. The summed E-state index contributed by atoms with van der Waals surface area (Å²) in [6.45, 7) is 13.3. The second kappa shape index (κ2) is 5.18. The molecule has 4 heteroatoms. The Labute approximate surface area is 127 Å². The Balaban J connectivity index is 2.22. The van der Waals surface area contributed by atoms with Crippen molar-refractivity contribution in [3.63, 3.8) is 0 Å². The van der Waals surface area contributed by atoms with Crippen LogP contribution in [0, 0.1) is 24.7 Å². The van der Waals surface area contributed by atoms with E-state index in [0.29, 0.717) is 22.0 Å². The molecule has 1 aromatic heterocycles. The van der Waals surface area contributed by atoms with Gasteiger partial charge in [-0.3, -0.25) is 0 Å². The first-order valence-electron chi connectivity index (χ1n) is 7.35. The van der Waals surface area contributed by atoms with Gasteiger partial charge in [-0.05, 0) is 43.9 Å². The topological polar surface area (TPSA) is 37.8 Å². The summed E-state index contributed by atoms with van der Waals surface area (Å²) in [5, 5.41) is 4.16. The summed E-state index contributed by atoms with van der Waals surface area (Å²) in [6.07, 6.45) is 3.59. The Morgan fingerprint density at radius 1 is 1.05 bits per heavy atom. The van der Waals surface area contributed by atoms with Gasteiger partial charge in [-0.15, -0.1) is 0 Å². The third-order valence-electron chi connectivity index (χ3n) is 4.09. The summed E-state index contributed by atoms with van der Waals surface area (Å²) in [4.78, 5) is 8.71. The molecule has 0 unspecified atom stereocenters. The lowest BCUT2D eigenvalue weighted by Gasteiger charge is -2.45. The quantitative estimate of drug-likeness (QED) is 0.799. The van der Waals surface area contributed by atoms with Crippen molar-refractivity contribution in [2.24, 2.45) is 10.8 Å². The van der Waals surface area contributed by atoms with Crippen molar-refractivity contribution >= 4 is 17.4 Å². The number of aryl methyl sites for hydroxylation is 1. The van der Waals surface area contributed by atoms with E-state index in [2.05, 4.69) is 43.0 Å². The van der Waals surface area contributed by atoms with E-state index in [0.717, 1.165) is 30.0 Å². The summed E-state index contributed by atoms with van der Waals surface area (Å²) >= 11 is 6.16. The molecule has 1 saturated carbocycles. The molecule has 0 aliphatic heterocycles. The van der Waals surface area contributed by atoms with E-state index in [1.165, 1.54) is 6.42 Å². The van der Waals surface area contributed by atoms with Crippen LogP contribution in [-0.4, -0.2) is 16.0 Å². The predicted octanol–water partition coefficient (Wildman–Crippen LogP) is 4.76. The molecule has 0 amide bonds. The van der Waals surface area contributed by atoms with E-state index < -0.39 is 0 Å². The van der Waals surface area contributed by atoms with Crippen LogP contribution >= 0.6 is 11.6 Å². The van der Waals surface area contributed by atoms with Crippen molar-refractivity contribution in [3.8, 4) is 0 Å². The molecule has 0 atom stereocenters. The average Bonchev–Trinajstić information content (AvgIpc) is 2.20. The Kier molecular flexibility index (Phi) is 4.03. The van der Waals surface area contributed by atoms with Gasteiger partial charge in [0.15, 0.2) is 0 Å². The molecule has 1 aromatic rings. The molecule has 1 aliphatic carbocycles. The van der Waals surface area contributed by atoms with Gasteiger partial charge in [0, 0.05) is 11.6 Å². The second-order valence-corrected chi connectivity index (χ2v) is 8.15. The molecule has 2 rings (SSSR count). The highest BCUT2D eigenvalue weighted by atomic mass is 35.5. The fraction of sp³-hybridized carbons (Fsp3) is 0.750. The van der Waals surface area contributed by atoms with Gasteiger partial charge in [0.2, 0.25) is 0 Å². The van der Waals surface area contributed by atoms with Crippen LogP contribution in [0.3, 0.4) is 0 Å². The fourth-order valence-corrected chi connectivity index (χ4v) is 4.09. The zero-order valence-electron chi connectivity index (χ0n) is 13.5. The minimum Gasteiger partial charge on any atom is -0.367 e. The molecule has 1 aliphatic rings. The lowest BCUT2D eigenvalue weighted by Crippen LogP contribution is -2.40. The summed E-state index contributed by atoms with van der Waals surface area (Å²) in [5.74, 6) is 1.61. The van der Waals surface area contributed by atoms with Crippen LogP contribution in [0.15, 0.2) is 0 Å². The molecule has 0 spiro atoms. The molecular weight excluding hydrogens is 270 g/mol. The summed E-state index contributed by atoms with van der Waals surface area (Å²) in [5.41, 5.74) is 1.66. The smallest absolute Gasteiger partial charge is 0.137 e. The van der Waals surface area contributed by atoms with E-state index in [-0.39, 0.29) is 0 Å². The summed E-state index contributed by atoms with van der Waals surface area (Å²) in [7, 11) is 0. The third-order valence-corrected chi connectivity index (χ3v) is 4.46. The number of rotatable bonds is 2. The molecule has 0 bridgehead atoms. The number of anilines is 1. The van der Waals surface area contributed by atoms with Crippen LogP contribution < -0.4 is 5.32 Å². The van der Waals surface area contributed by atoms with E-state index >= 15 is 0 Å². The Morgan fingerprint density at radius 3 is 2.15 bits per heavy atom. The van der Waals surface area contributed by atoms with Gasteiger partial charge >= 0.3 is 0 Å². The molecule has 0 saturated heterocycles. The number of hydrogen-bond acceptors (Lipinski definition) is 3. The first-order valence-corrected chi connectivity index (χ1v) is 7.73. The molecule has 1 heterocycles. The second-order valence-electron chi connectivity index (χ2n) is 7.79. The average molecular weight is 296 g/mol. The van der Waals surface area contributed by atoms with Crippen LogP contribution in [0.5, 0.6) is 0 Å². The van der Waals surface area contributed by atoms with Crippen molar-refractivity contribution in [2.45, 2.75) is 66.8 Å². The summed E-state index contributed by atoms with van der Waals surface area (Å²) in [6, 6.07) is 0.442. The Hall–Kier alpha value is -0.830. The van der Waals surface area contributed by atoms with Gasteiger partial charge in [0.25, 0.3) is 0 Å². The Morgan fingerprint density at radius 2 is 1.60 bits per heavy atom. The van der Waals surface area contributed by atoms with Crippen molar-refractivity contribution in [2.75, 3.05) is 5.32 Å². The zero-order chi connectivity index (χ0) is 15.1. The number of nitrogens with one attached hydrogen (secondary N) is 1. The van der Waals surface area contributed by atoms with E-state index in [1.807, 2.05) is 13.8 Å². The van der Waals surface area contributed by atoms with Gasteiger partial charge in [-0.25, -0.2) is 9.97 Å². The molecular formula is C16H26ClN3. The number of aromatic nitrogens is 2. The Bertz CT molecular complexity index is 493. The van der Waals surface area contributed by atoms with Gasteiger partial charge in [0.1, 0.15) is 16.8 Å². The maximum absolute atomic E-state index is 6.16. The molecule has 1 fully saturated rings. The van der Waals surface area contributed by atoms with Crippen molar-refractivity contribution < 1.29 is 0 Å². The minimum atomic E-state index is 0.360. The highest BCUT2D eigenvalue weighted by molar-refractivity contribution is 6.30. The largest absolute Gasteiger partial charge is 0.367 e. The standard InChI is InChI=1S/C16H26ClN3/c1-10-13(17)18-11(2)19-14(10)20-12-7-15(3,4)9-16(5,6)8-12/h12H,7-9H2,1-6H3,(H,18,19,20). The van der Waals surface area contributed by atoms with Gasteiger partial charge in [-0.1, -0.05) is 39.3 Å². The van der Waals surface area contributed by atoms with Crippen LogP contribution in [-0.2, 0) is 0 Å². The maximum atomic E-state index is 6.16. The number of hydrogen-bond donors (Lipinski definition) is 1. The molecule has 0 radical (unpaired) electrons. The van der Waals surface area contributed by atoms with Gasteiger partial charge in [-0.2, -0.15) is 0 Å². The van der Waals surface area contributed by atoms with Gasteiger partial charge < -0.3 is 5.32 Å². The number of nitrogens with zero attached hydrogens (tertiary/aromatic N) is 2. The SMILES string of the molecule is Cc1nc(Cl)c(C)c(NC2CC(C)(C)CC(C)(C)C2)n1. The van der Waals surface area contributed by atoms with Crippen LogP contribution in [0.1, 0.15) is 58.3 Å². The van der Waals surface area contributed by atoms with E-state index in [1.54, 1.807) is 0 Å². The van der Waals surface area contributed by atoms with Crippen molar-refractivity contribution in [3.05, 3.63) is 16.5 Å². The number of halogens is 1. The van der Waals surface area contributed by atoms with E-state index in [9.17, 15) is 0 Å². The molecule has 1 N–H and O–H groups in total. The monoisotopic (exact) mass is 295 g/mol. The molecule has 20 heavy (non-hydrogen) atoms. The third kappa shape index (κ3) is 3.63. The molecule has 0 aromatic carbocycles. The lowest BCUT2D eigenvalue weighted by molar-refractivity contribution is 0.105. The van der Waals surface area contributed by atoms with Crippen molar-refractivity contribution in [1.82, 2.24) is 9.97 Å². The zero-order valence-corrected chi connectivity index (χ0v) is 14.2. The van der Waals surface area contributed by atoms with E-state index in [4.69, 9.17) is 11.6 Å². The molecule has 112 valence electrons. The van der Waals surface area contributed by atoms with Crippen LogP contribution in [0.4, 0.5) is 5.82 Å². The maximum Gasteiger partial charge on any atom is 0.137 e. The highest BCUT2D eigenvalue weighted by Crippen LogP contribution is 2.46. The lowest BCUT2D eigenvalue weighted by atomic mass is 9.63. The normalized spacial score (nSPS) is 21.8. The van der Waals surface area contributed by atoms with Crippen LogP contribution in [0.25, 0.3) is 0 Å². The highest BCUT2D eigenvalue weighted by Gasteiger charge is 2.38. The summed E-state index contributed by atoms with van der Waals surface area (Å²) < 4.78 is 0. The van der Waals surface area contributed by atoms with Gasteiger partial charge in [0.05, 0.1) is 0 Å². The first-order chi connectivity index (χ1) is 9.08. The van der Waals surface area contributed by atoms with Crippen molar-refractivity contribution in [1.29, 1.82) is 0 Å².